The van der Waals surface area contributed by atoms with Crippen molar-refractivity contribution in [1.29, 1.82) is 0 Å². The molecule has 7 nitrogen and oxygen atoms in total. The molecule has 2 N–H and O–H groups in total. The molecule has 0 spiro atoms. The number of anilines is 2. The fourth-order valence-corrected chi connectivity index (χ4v) is 3.08. The van der Waals surface area contributed by atoms with Crippen molar-refractivity contribution in [2.75, 3.05) is 25.0 Å². The Labute approximate surface area is 142 Å². The second-order valence-electron chi connectivity index (χ2n) is 6.33. The van der Waals surface area contributed by atoms with Crippen molar-refractivity contribution in [3.8, 4) is 0 Å². The molecule has 3 rings (SSSR count). The highest BCUT2D eigenvalue weighted by molar-refractivity contribution is 5.49. The number of nitrogens with zero attached hydrogens (tertiary/aromatic N) is 5. The molecule has 128 valence electrons. The Balaban J connectivity index is 1.56. The third-order valence-corrected chi connectivity index (χ3v) is 4.58. The number of hydrogen-bond donors (Lipinski definition) is 2. The fourth-order valence-electron chi connectivity index (χ4n) is 3.08. The molecule has 1 aliphatic rings. The van der Waals surface area contributed by atoms with Crippen LogP contribution in [0.1, 0.15) is 25.5 Å². The summed E-state index contributed by atoms with van der Waals surface area (Å²) in [6, 6.07) is 2.24. The second kappa shape index (κ2) is 8.12. The summed E-state index contributed by atoms with van der Waals surface area (Å²) in [5.74, 6) is 2.05. The van der Waals surface area contributed by atoms with Crippen LogP contribution < -0.4 is 5.32 Å². The van der Waals surface area contributed by atoms with Crippen molar-refractivity contribution >= 4 is 11.6 Å². The van der Waals surface area contributed by atoms with Gasteiger partial charge < -0.3 is 10.4 Å². The van der Waals surface area contributed by atoms with E-state index in [9.17, 15) is 5.11 Å². The van der Waals surface area contributed by atoms with Crippen LogP contribution in [-0.2, 0) is 6.42 Å². The number of aliphatic hydroxyl groups is 1. The summed E-state index contributed by atoms with van der Waals surface area (Å²) in [5.41, 5.74) is 1.05. The minimum absolute atomic E-state index is 0.230. The van der Waals surface area contributed by atoms with E-state index in [1.54, 1.807) is 24.9 Å². The lowest BCUT2D eigenvalue weighted by molar-refractivity contribution is 0.0962. The molecular weight excluding hydrogens is 304 g/mol. The number of rotatable bonds is 6. The predicted molar refractivity (Wildman–Crippen MR) is 91.9 cm³/mol. The first kappa shape index (κ1) is 16.7. The number of piperidine rings is 1. The molecule has 3 heterocycles. The first-order chi connectivity index (χ1) is 11.7. The van der Waals surface area contributed by atoms with Gasteiger partial charge in [0, 0.05) is 30.2 Å². The van der Waals surface area contributed by atoms with Crippen LogP contribution >= 0.6 is 0 Å². The number of aromatic nitrogens is 4. The molecule has 2 aromatic rings. The number of likely N-dealkylation sites (tertiary alicyclic amines) is 1. The van der Waals surface area contributed by atoms with Crippen molar-refractivity contribution < 1.29 is 5.11 Å². The third-order valence-electron chi connectivity index (χ3n) is 4.58. The summed E-state index contributed by atoms with van der Waals surface area (Å²) >= 11 is 0. The Morgan fingerprint density at radius 3 is 2.75 bits per heavy atom. The van der Waals surface area contributed by atoms with Gasteiger partial charge in [-0.1, -0.05) is 0 Å². The van der Waals surface area contributed by atoms with E-state index in [2.05, 4.69) is 37.1 Å². The van der Waals surface area contributed by atoms with Crippen LogP contribution in [0.3, 0.4) is 0 Å². The van der Waals surface area contributed by atoms with E-state index in [-0.39, 0.29) is 12.6 Å². The highest BCUT2D eigenvalue weighted by Crippen LogP contribution is 2.23. The average Bonchev–Trinajstić information content (AvgIpc) is 2.63. The third kappa shape index (κ3) is 4.46. The fraction of sp³-hybridized carbons (Fsp3) is 0.529. The van der Waals surface area contributed by atoms with E-state index in [1.807, 2.05) is 6.07 Å². The van der Waals surface area contributed by atoms with Gasteiger partial charge in [-0.3, -0.25) is 9.88 Å². The van der Waals surface area contributed by atoms with E-state index in [4.69, 9.17) is 0 Å². The SMILES string of the molecule is C[C@@H](CO)N1CCC(Cc2cc(Nc3cnccn3)ncn2)CC1. The van der Waals surface area contributed by atoms with Crippen molar-refractivity contribution in [3.63, 3.8) is 0 Å². The topological polar surface area (TPSA) is 87.1 Å². The van der Waals surface area contributed by atoms with Gasteiger partial charge in [0.2, 0.25) is 0 Å². The lowest BCUT2D eigenvalue weighted by atomic mass is 9.91. The second-order valence-corrected chi connectivity index (χ2v) is 6.33. The van der Waals surface area contributed by atoms with Crippen LogP contribution in [0.4, 0.5) is 11.6 Å². The van der Waals surface area contributed by atoms with Crippen LogP contribution in [0.5, 0.6) is 0 Å². The van der Waals surface area contributed by atoms with Crippen molar-refractivity contribution in [2.24, 2.45) is 5.92 Å². The molecule has 7 heteroatoms. The lowest BCUT2D eigenvalue weighted by Crippen LogP contribution is -2.42. The Bertz CT molecular complexity index is 630. The van der Waals surface area contributed by atoms with E-state index in [1.165, 1.54) is 0 Å². The van der Waals surface area contributed by atoms with Crippen LogP contribution in [0.25, 0.3) is 0 Å². The lowest BCUT2D eigenvalue weighted by Gasteiger charge is -2.35. The zero-order valence-electron chi connectivity index (χ0n) is 14.0. The van der Waals surface area contributed by atoms with E-state index >= 15 is 0 Å². The van der Waals surface area contributed by atoms with Crippen LogP contribution in [-0.4, -0.2) is 55.7 Å². The molecule has 0 aliphatic carbocycles. The predicted octanol–water partition coefficient (Wildman–Crippen LogP) is 1.65. The maximum absolute atomic E-state index is 9.26. The summed E-state index contributed by atoms with van der Waals surface area (Å²) in [6.07, 6.45) is 9.78. The smallest absolute Gasteiger partial charge is 0.150 e. The van der Waals surface area contributed by atoms with Gasteiger partial charge in [0.05, 0.1) is 12.8 Å². The van der Waals surface area contributed by atoms with Gasteiger partial charge in [-0.2, -0.15) is 0 Å². The summed E-state index contributed by atoms with van der Waals surface area (Å²) < 4.78 is 0. The molecule has 0 amide bonds. The summed E-state index contributed by atoms with van der Waals surface area (Å²) in [6.45, 7) is 4.40. The van der Waals surface area contributed by atoms with E-state index in [0.29, 0.717) is 11.7 Å². The minimum Gasteiger partial charge on any atom is -0.395 e. The Hall–Kier alpha value is -2.12. The molecule has 0 unspecified atom stereocenters. The van der Waals surface area contributed by atoms with Crippen molar-refractivity contribution in [1.82, 2.24) is 24.8 Å². The number of hydrogen-bond acceptors (Lipinski definition) is 7. The number of nitrogens with one attached hydrogen (secondary N) is 1. The van der Waals surface area contributed by atoms with Gasteiger partial charge >= 0.3 is 0 Å². The molecule has 0 saturated carbocycles. The van der Waals surface area contributed by atoms with E-state index in [0.717, 1.165) is 43.9 Å². The van der Waals surface area contributed by atoms with Crippen LogP contribution in [0, 0.1) is 5.92 Å². The first-order valence-corrected chi connectivity index (χ1v) is 8.43. The van der Waals surface area contributed by atoms with Gasteiger partial charge in [-0.15, -0.1) is 0 Å². The molecule has 24 heavy (non-hydrogen) atoms. The summed E-state index contributed by atoms with van der Waals surface area (Å²) in [5, 5.41) is 12.4. The zero-order valence-corrected chi connectivity index (χ0v) is 14.0. The molecule has 0 radical (unpaired) electrons. The van der Waals surface area contributed by atoms with Gasteiger partial charge in [0.25, 0.3) is 0 Å². The van der Waals surface area contributed by atoms with Crippen molar-refractivity contribution in [3.05, 3.63) is 36.7 Å². The molecule has 1 fully saturated rings. The van der Waals surface area contributed by atoms with Crippen LogP contribution in [0.2, 0.25) is 0 Å². The summed E-state index contributed by atoms with van der Waals surface area (Å²) in [4.78, 5) is 19.2. The largest absolute Gasteiger partial charge is 0.395 e. The molecule has 1 saturated heterocycles. The van der Waals surface area contributed by atoms with Gasteiger partial charge in [-0.25, -0.2) is 15.0 Å². The van der Waals surface area contributed by atoms with E-state index < -0.39 is 0 Å². The highest BCUT2D eigenvalue weighted by atomic mass is 16.3. The van der Waals surface area contributed by atoms with Gasteiger partial charge in [0.15, 0.2) is 0 Å². The maximum atomic E-state index is 9.26. The normalized spacial score (nSPS) is 17.6. The monoisotopic (exact) mass is 328 g/mol. The minimum atomic E-state index is 0.230. The molecular formula is C17H24N6O. The standard InChI is InChI=1S/C17H24N6O/c1-13(11-24)23-6-2-14(3-7-23)8-15-9-16(21-12-20-15)22-17-10-18-4-5-19-17/h4-5,9-10,12-14,24H,2-3,6-8,11H2,1H3,(H,19,20,21,22)/t13-/m0/s1. The molecule has 0 bridgehead atoms. The summed E-state index contributed by atoms with van der Waals surface area (Å²) in [7, 11) is 0. The Morgan fingerprint density at radius 2 is 2.04 bits per heavy atom. The Morgan fingerprint density at radius 1 is 1.21 bits per heavy atom. The molecule has 1 aliphatic heterocycles. The number of aliphatic hydroxyl groups excluding tert-OH is 1. The molecule has 1 atom stereocenters. The van der Waals surface area contributed by atoms with Crippen LogP contribution in [0.15, 0.2) is 31.0 Å². The highest BCUT2D eigenvalue weighted by Gasteiger charge is 2.22. The maximum Gasteiger partial charge on any atom is 0.150 e. The molecule has 0 aromatic carbocycles. The molecule has 2 aromatic heterocycles. The first-order valence-electron chi connectivity index (χ1n) is 8.43. The van der Waals surface area contributed by atoms with Gasteiger partial charge in [0.1, 0.15) is 18.0 Å². The van der Waals surface area contributed by atoms with Crippen molar-refractivity contribution in [2.45, 2.75) is 32.2 Å². The zero-order chi connectivity index (χ0) is 16.8. The van der Waals surface area contributed by atoms with Gasteiger partial charge in [-0.05, 0) is 45.2 Å². The quantitative estimate of drug-likeness (QED) is 0.833. The Kier molecular flexibility index (Phi) is 5.66. The average molecular weight is 328 g/mol.